The van der Waals surface area contributed by atoms with E-state index in [2.05, 4.69) is 10.1 Å². The zero-order chi connectivity index (χ0) is 18.1. The van der Waals surface area contributed by atoms with Gasteiger partial charge in [-0.1, -0.05) is 12.1 Å². The molecule has 0 radical (unpaired) electrons. The quantitative estimate of drug-likeness (QED) is 0.746. The molecule has 0 unspecified atom stereocenters. The van der Waals surface area contributed by atoms with Gasteiger partial charge in [0.05, 0.1) is 32.8 Å². The molecule has 1 N–H and O–H groups in total. The second kappa shape index (κ2) is 9.32. The fraction of sp³-hybridized carbons (Fsp3) is 0.263. The van der Waals surface area contributed by atoms with Crippen LogP contribution in [-0.4, -0.2) is 32.7 Å². The van der Waals surface area contributed by atoms with Crippen molar-refractivity contribution in [3.8, 4) is 11.5 Å². The highest BCUT2D eigenvalue weighted by molar-refractivity contribution is 5.89. The first-order chi connectivity index (χ1) is 12.1. The van der Waals surface area contributed by atoms with Gasteiger partial charge in [-0.2, -0.15) is 0 Å². The molecule has 0 aliphatic heterocycles. The summed E-state index contributed by atoms with van der Waals surface area (Å²) in [5, 5.41) is 2.81. The van der Waals surface area contributed by atoms with Gasteiger partial charge in [-0.05, 0) is 42.0 Å². The standard InChI is InChI=1S/C19H21NO5/c1-23-16-7-9-17(10-8-16)25-12-11-18(21)20-13-14-3-5-15(6-4-14)19(22)24-2/h3-10H,11-13H2,1-2H3,(H,20,21). The smallest absolute Gasteiger partial charge is 0.337 e. The minimum Gasteiger partial charge on any atom is -0.497 e. The minimum atomic E-state index is -0.383. The van der Waals surface area contributed by atoms with Crippen LogP contribution in [0.2, 0.25) is 0 Å². The molecule has 0 heterocycles. The molecule has 0 saturated carbocycles. The van der Waals surface area contributed by atoms with E-state index >= 15 is 0 Å². The molecule has 25 heavy (non-hydrogen) atoms. The Balaban J connectivity index is 1.70. The average molecular weight is 343 g/mol. The first-order valence-corrected chi connectivity index (χ1v) is 7.83. The lowest BCUT2D eigenvalue weighted by Crippen LogP contribution is -2.24. The molecule has 2 aromatic carbocycles. The number of carbonyl (C=O) groups is 2. The molecule has 132 valence electrons. The summed E-state index contributed by atoms with van der Waals surface area (Å²) in [4.78, 5) is 23.2. The molecule has 0 aliphatic carbocycles. The molecule has 6 heteroatoms. The number of methoxy groups -OCH3 is 2. The number of ether oxygens (including phenoxy) is 3. The number of esters is 1. The van der Waals surface area contributed by atoms with Crippen LogP contribution in [0.25, 0.3) is 0 Å². The average Bonchev–Trinajstić information content (AvgIpc) is 2.66. The van der Waals surface area contributed by atoms with E-state index in [0.29, 0.717) is 24.5 Å². The van der Waals surface area contributed by atoms with E-state index in [-0.39, 0.29) is 18.3 Å². The van der Waals surface area contributed by atoms with E-state index in [0.717, 1.165) is 11.3 Å². The molecule has 0 atom stereocenters. The molecular weight excluding hydrogens is 322 g/mol. The van der Waals surface area contributed by atoms with Gasteiger partial charge in [0, 0.05) is 6.54 Å². The second-order valence-electron chi connectivity index (χ2n) is 5.24. The summed E-state index contributed by atoms with van der Waals surface area (Å²) in [6.45, 7) is 0.683. The molecule has 6 nitrogen and oxygen atoms in total. The van der Waals surface area contributed by atoms with Gasteiger partial charge < -0.3 is 19.5 Å². The zero-order valence-electron chi connectivity index (χ0n) is 14.3. The number of hydrogen-bond donors (Lipinski definition) is 1. The Bertz CT molecular complexity index is 695. The third kappa shape index (κ3) is 5.84. The SMILES string of the molecule is COC(=O)c1ccc(CNC(=O)CCOc2ccc(OC)cc2)cc1. The van der Waals surface area contributed by atoms with E-state index in [1.165, 1.54) is 7.11 Å². The van der Waals surface area contributed by atoms with Gasteiger partial charge in [0.1, 0.15) is 11.5 Å². The van der Waals surface area contributed by atoms with Gasteiger partial charge in [-0.25, -0.2) is 4.79 Å². The van der Waals surface area contributed by atoms with Crippen molar-refractivity contribution in [1.82, 2.24) is 5.32 Å². The van der Waals surface area contributed by atoms with Gasteiger partial charge in [0.2, 0.25) is 5.91 Å². The van der Waals surface area contributed by atoms with Crippen LogP contribution < -0.4 is 14.8 Å². The summed E-state index contributed by atoms with van der Waals surface area (Å²) in [5.41, 5.74) is 1.38. The summed E-state index contributed by atoms with van der Waals surface area (Å²) in [6.07, 6.45) is 0.256. The third-order valence-electron chi connectivity index (χ3n) is 3.52. The number of nitrogens with one attached hydrogen (secondary N) is 1. The van der Waals surface area contributed by atoms with Gasteiger partial charge in [-0.15, -0.1) is 0 Å². The lowest BCUT2D eigenvalue weighted by molar-refractivity contribution is -0.121. The van der Waals surface area contributed by atoms with Crippen molar-refractivity contribution in [2.75, 3.05) is 20.8 Å². The Hall–Kier alpha value is -3.02. The highest BCUT2D eigenvalue weighted by Crippen LogP contribution is 2.17. The fourth-order valence-corrected chi connectivity index (χ4v) is 2.10. The molecule has 2 rings (SSSR count). The van der Waals surface area contributed by atoms with E-state index < -0.39 is 0 Å². The van der Waals surface area contributed by atoms with Crippen molar-refractivity contribution in [3.05, 3.63) is 59.7 Å². The van der Waals surface area contributed by atoms with Gasteiger partial charge in [0.25, 0.3) is 0 Å². The maximum atomic E-state index is 11.8. The number of carbonyl (C=O) groups excluding carboxylic acids is 2. The van der Waals surface area contributed by atoms with Crippen molar-refractivity contribution >= 4 is 11.9 Å². The first kappa shape index (κ1) is 18.3. The number of benzene rings is 2. The Morgan fingerprint density at radius 2 is 1.56 bits per heavy atom. The van der Waals surface area contributed by atoms with Crippen LogP contribution in [0.4, 0.5) is 0 Å². The lowest BCUT2D eigenvalue weighted by Gasteiger charge is -2.08. The molecule has 0 aliphatic rings. The summed E-state index contributed by atoms with van der Waals surface area (Å²) in [5.74, 6) is 0.951. The molecule has 0 aromatic heterocycles. The van der Waals surface area contributed by atoms with Gasteiger partial charge >= 0.3 is 5.97 Å². The Morgan fingerprint density at radius 3 is 2.16 bits per heavy atom. The van der Waals surface area contributed by atoms with Crippen LogP contribution in [0.1, 0.15) is 22.3 Å². The maximum absolute atomic E-state index is 11.8. The zero-order valence-corrected chi connectivity index (χ0v) is 14.3. The van der Waals surface area contributed by atoms with Crippen LogP contribution in [0, 0.1) is 0 Å². The van der Waals surface area contributed by atoms with Crippen LogP contribution in [0.15, 0.2) is 48.5 Å². The number of hydrogen-bond acceptors (Lipinski definition) is 5. The van der Waals surface area contributed by atoms with Gasteiger partial charge in [-0.3, -0.25) is 4.79 Å². The summed E-state index contributed by atoms with van der Waals surface area (Å²) in [6, 6.07) is 14.1. The lowest BCUT2D eigenvalue weighted by atomic mass is 10.1. The second-order valence-corrected chi connectivity index (χ2v) is 5.24. The highest BCUT2D eigenvalue weighted by atomic mass is 16.5. The summed E-state index contributed by atoms with van der Waals surface area (Å²) < 4.78 is 15.2. The van der Waals surface area contributed by atoms with Crippen LogP contribution in [0.5, 0.6) is 11.5 Å². The van der Waals surface area contributed by atoms with E-state index in [1.807, 2.05) is 0 Å². The van der Waals surface area contributed by atoms with Gasteiger partial charge in [0.15, 0.2) is 0 Å². The molecule has 2 aromatic rings. The number of amides is 1. The van der Waals surface area contributed by atoms with E-state index in [1.54, 1.807) is 55.6 Å². The van der Waals surface area contributed by atoms with Crippen LogP contribution in [0.3, 0.4) is 0 Å². The molecule has 0 bridgehead atoms. The molecular formula is C19H21NO5. The minimum absolute atomic E-state index is 0.106. The largest absolute Gasteiger partial charge is 0.497 e. The van der Waals surface area contributed by atoms with Crippen molar-refractivity contribution in [3.63, 3.8) is 0 Å². The Morgan fingerprint density at radius 1 is 0.920 bits per heavy atom. The Labute approximate surface area is 146 Å². The molecule has 0 saturated heterocycles. The molecule has 0 spiro atoms. The van der Waals surface area contributed by atoms with Crippen molar-refractivity contribution in [2.24, 2.45) is 0 Å². The normalized spacial score (nSPS) is 10.0. The maximum Gasteiger partial charge on any atom is 0.337 e. The van der Waals surface area contributed by atoms with Crippen molar-refractivity contribution in [2.45, 2.75) is 13.0 Å². The van der Waals surface area contributed by atoms with Crippen LogP contribution >= 0.6 is 0 Å². The molecule has 0 fully saturated rings. The van der Waals surface area contributed by atoms with Crippen LogP contribution in [-0.2, 0) is 16.1 Å². The summed E-state index contributed by atoms with van der Waals surface area (Å²) >= 11 is 0. The van der Waals surface area contributed by atoms with Crippen molar-refractivity contribution in [1.29, 1.82) is 0 Å². The first-order valence-electron chi connectivity index (χ1n) is 7.83. The Kier molecular flexibility index (Phi) is 6.83. The predicted molar refractivity (Wildman–Crippen MR) is 92.7 cm³/mol. The van der Waals surface area contributed by atoms with Crippen molar-refractivity contribution < 1.29 is 23.8 Å². The monoisotopic (exact) mass is 343 g/mol. The van der Waals surface area contributed by atoms with E-state index in [9.17, 15) is 9.59 Å². The fourth-order valence-electron chi connectivity index (χ4n) is 2.10. The molecule has 1 amide bonds. The number of rotatable bonds is 8. The highest BCUT2D eigenvalue weighted by Gasteiger charge is 2.06. The van der Waals surface area contributed by atoms with E-state index in [4.69, 9.17) is 9.47 Å². The summed E-state index contributed by atoms with van der Waals surface area (Å²) in [7, 11) is 2.94. The third-order valence-corrected chi connectivity index (χ3v) is 3.52. The topological polar surface area (TPSA) is 73.9 Å². The predicted octanol–water partition coefficient (Wildman–Crippen LogP) is 2.57.